The van der Waals surface area contributed by atoms with E-state index >= 15 is 0 Å². The highest BCUT2D eigenvalue weighted by atomic mass is 32.2. The van der Waals surface area contributed by atoms with Crippen LogP contribution in [0.3, 0.4) is 0 Å². The molecule has 0 saturated carbocycles. The summed E-state index contributed by atoms with van der Waals surface area (Å²) in [6, 6.07) is 13.2. The van der Waals surface area contributed by atoms with Crippen molar-refractivity contribution in [3.05, 3.63) is 59.4 Å². The fraction of sp³-hybridized carbons (Fsp3) is 0.467. The topological polar surface area (TPSA) is 101 Å². The molecule has 8 heteroatoms. The van der Waals surface area contributed by atoms with Gasteiger partial charge in [-0.3, -0.25) is 9.59 Å². The number of ether oxygens (including phenoxy) is 1. The van der Waals surface area contributed by atoms with Crippen LogP contribution in [0.1, 0.15) is 73.7 Å². The number of carbonyl (C=O) groups is 2. The largest absolute Gasteiger partial charge is 0.493 e. The molecule has 2 atom stereocenters. The molecule has 3 rings (SSSR count). The predicted molar refractivity (Wildman–Crippen MR) is 156 cm³/mol. The van der Waals surface area contributed by atoms with Crippen molar-refractivity contribution in [3.63, 3.8) is 0 Å². The number of aryl methyl sites for hydroxylation is 1. The number of fused-ring (bicyclic) bond motifs is 1. The minimum atomic E-state index is -0.941. The van der Waals surface area contributed by atoms with Crippen molar-refractivity contribution in [2.45, 2.75) is 58.9 Å². The number of hydrogen-bond donors (Lipinski definition) is 3. The number of amides is 1. The Kier molecular flexibility index (Phi) is 11.4. The highest BCUT2D eigenvalue weighted by molar-refractivity contribution is 7.98. The van der Waals surface area contributed by atoms with Gasteiger partial charge in [-0.15, -0.1) is 0 Å². The van der Waals surface area contributed by atoms with Gasteiger partial charge >= 0.3 is 5.97 Å². The number of hydrogen-bond acceptors (Lipinski definition) is 6. The standard InChI is InChI=1S/C30H40N2O5S/c1-5-6-7-8-20(2)28(32-23-11-9-22(10-12-23)30(35)31-16-15-27(33)34)29-21(3)25-19-24(36-17-18-38-4)13-14-26(25)37-29/h9-14,19-20,28,32H,5-8,15-18H2,1-4H3,(H,31,35)(H,33,34). The molecule has 2 aromatic carbocycles. The van der Waals surface area contributed by atoms with Gasteiger partial charge in [0.1, 0.15) is 17.1 Å². The zero-order valence-corrected chi connectivity index (χ0v) is 23.7. The van der Waals surface area contributed by atoms with E-state index in [0.29, 0.717) is 18.1 Å². The van der Waals surface area contributed by atoms with E-state index < -0.39 is 5.97 Å². The average Bonchev–Trinajstić information content (AvgIpc) is 3.23. The predicted octanol–water partition coefficient (Wildman–Crippen LogP) is 7.06. The summed E-state index contributed by atoms with van der Waals surface area (Å²) in [5.74, 6) is 1.80. The monoisotopic (exact) mass is 540 g/mol. The van der Waals surface area contributed by atoms with Crippen LogP contribution in [0.5, 0.6) is 5.75 Å². The van der Waals surface area contributed by atoms with Crippen LogP contribution in [0.2, 0.25) is 0 Å². The van der Waals surface area contributed by atoms with E-state index in [1.165, 1.54) is 12.8 Å². The second-order valence-electron chi connectivity index (χ2n) is 9.66. The maximum Gasteiger partial charge on any atom is 0.305 e. The number of nitrogens with one attached hydrogen (secondary N) is 2. The number of unbranched alkanes of at least 4 members (excludes halogenated alkanes) is 2. The normalized spacial score (nSPS) is 12.7. The molecule has 206 valence electrons. The smallest absolute Gasteiger partial charge is 0.305 e. The Balaban J connectivity index is 1.82. The van der Waals surface area contributed by atoms with Gasteiger partial charge in [0.05, 0.1) is 19.1 Å². The lowest BCUT2D eigenvalue weighted by Crippen LogP contribution is -2.26. The number of thioether (sulfide) groups is 1. The van der Waals surface area contributed by atoms with Crippen LogP contribution in [0.4, 0.5) is 5.69 Å². The number of carboxylic acid groups (broad SMARTS) is 1. The van der Waals surface area contributed by atoms with E-state index in [1.807, 2.05) is 24.3 Å². The molecule has 0 spiro atoms. The van der Waals surface area contributed by atoms with Gasteiger partial charge in [0, 0.05) is 34.5 Å². The first kappa shape index (κ1) is 29.4. The van der Waals surface area contributed by atoms with Crippen LogP contribution in [0.25, 0.3) is 11.0 Å². The Morgan fingerprint density at radius 2 is 1.89 bits per heavy atom. The van der Waals surface area contributed by atoms with Gasteiger partial charge in [-0.05, 0) is 68.0 Å². The quantitative estimate of drug-likeness (QED) is 0.167. The first-order valence-electron chi connectivity index (χ1n) is 13.3. The summed E-state index contributed by atoms with van der Waals surface area (Å²) in [4.78, 5) is 23.0. The minimum absolute atomic E-state index is 0.0460. The summed E-state index contributed by atoms with van der Waals surface area (Å²) in [5.41, 5.74) is 3.32. The summed E-state index contributed by atoms with van der Waals surface area (Å²) < 4.78 is 12.3. The number of benzene rings is 2. The number of carboxylic acids is 1. The molecule has 0 aliphatic heterocycles. The summed E-state index contributed by atoms with van der Waals surface area (Å²) in [6.45, 7) is 7.33. The molecule has 38 heavy (non-hydrogen) atoms. The van der Waals surface area contributed by atoms with Crippen molar-refractivity contribution < 1.29 is 23.8 Å². The first-order valence-corrected chi connectivity index (χ1v) is 14.7. The zero-order chi connectivity index (χ0) is 27.5. The van der Waals surface area contributed by atoms with Crippen LogP contribution in [-0.4, -0.2) is 42.1 Å². The summed E-state index contributed by atoms with van der Waals surface area (Å²) in [6.07, 6.45) is 6.54. The van der Waals surface area contributed by atoms with Crippen molar-refractivity contribution in [2.75, 3.05) is 30.5 Å². The number of carbonyl (C=O) groups excluding carboxylic acids is 1. The fourth-order valence-corrected chi connectivity index (χ4v) is 4.73. The molecular formula is C30H40N2O5S. The molecule has 3 aromatic rings. The van der Waals surface area contributed by atoms with Crippen LogP contribution in [0.15, 0.2) is 46.9 Å². The van der Waals surface area contributed by atoms with Crippen LogP contribution >= 0.6 is 11.8 Å². The van der Waals surface area contributed by atoms with Gasteiger partial charge in [0.15, 0.2) is 0 Å². The lowest BCUT2D eigenvalue weighted by Gasteiger charge is -2.25. The maximum absolute atomic E-state index is 12.3. The van der Waals surface area contributed by atoms with Crippen molar-refractivity contribution in [2.24, 2.45) is 5.92 Å². The molecule has 0 saturated heterocycles. The molecule has 1 aromatic heterocycles. The van der Waals surface area contributed by atoms with Crippen LogP contribution in [0, 0.1) is 12.8 Å². The van der Waals surface area contributed by atoms with E-state index in [0.717, 1.165) is 52.3 Å². The molecule has 1 heterocycles. The van der Waals surface area contributed by atoms with Gasteiger partial charge in [0.2, 0.25) is 0 Å². The third kappa shape index (κ3) is 8.18. The van der Waals surface area contributed by atoms with Crippen molar-refractivity contribution in [1.82, 2.24) is 5.32 Å². The van der Waals surface area contributed by atoms with Gasteiger partial charge in [-0.25, -0.2) is 0 Å². The molecule has 3 N–H and O–H groups in total. The van der Waals surface area contributed by atoms with Gasteiger partial charge in [0.25, 0.3) is 5.91 Å². The van der Waals surface area contributed by atoms with Crippen LogP contribution in [-0.2, 0) is 4.79 Å². The Morgan fingerprint density at radius 1 is 1.13 bits per heavy atom. The number of rotatable bonds is 16. The SMILES string of the molecule is CCCCCC(C)C(Nc1ccc(C(=O)NCCC(=O)O)cc1)c1oc2ccc(OCCSC)cc2c1C. The molecule has 0 radical (unpaired) electrons. The summed E-state index contributed by atoms with van der Waals surface area (Å²) >= 11 is 1.76. The molecule has 7 nitrogen and oxygen atoms in total. The molecular weight excluding hydrogens is 500 g/mol. The Morgan fingerprint density at radius 3 is 2.58 bits per heavy atom. The van der Waals surface area contributed by atoms with Gasteiger partial charge < -0.3 is 24.9 Å². The number of aliphatic carboxylic acids is 1. The van der Waals surface area contributed by atoms with E-state index in [-0.39, 0.29) is 24.9 Å². The zero-order valence-electron chi connectivity index (χ0n) is 22.8. The Labute approximate surface area is 229 Å². The number of furan rings is 1. The molecule has 0 fully saturated rings. The van der Waals surface area contributed by atoms with E-state index in [9.17, 15) is 9.59 Å². The Hall–Kier alpha value is -3.13. The highest BCUT2D eigenvalue weighted by Crippen LogP contribution is 2.38. The number of anilines is 1. The summed E-state index contributed by atoms with van der Waals surface area (Å²) in [7, 11) is 0. The van der Waals surface area contributed by atoms with Gasteiger partial charge in [-0.1, -0.05) is 33.1 Å². The van der Waals surface area contributed by atoms with Crippen LogP contribution < -0.4 is 15.4 Å². The second-order valence-corrected chi connectivity index (χ2v) is 10.6. The maximum atomic E-state index is 12.3. The van der Waals surface area contributed by atoms with Crippen molar-refractivity contribution in [3.8, 4) is 5.75 Å². The van der Waals surface area contributed by atoms with E-state index in [4.69, 9.17) is 14.3 Å². The van der Waals surface area contributed by atoms with Gasteiger partial charge in [-0.2, -0.15) is 11.8 Å². The molecule has 0 aliphatic carbocycles. The lowest BCUT2D eigenvalue weighted by atomic mass is 9.91. The fourth-order valence-electron chi connectivity index (χ4n) is 4.48. The molecule has 2 unspecified atom stereocenters. The van der Waals surface area contributed by atoms with Crippen molar-refractivity contribution in [1.29, 1.82) is 0 Å². The average molecular weight is 541 g/mol. The summed E-state index contributed by atoms with van der Waals surface area (Å²) in [5, 5.41) is 16.1. The highest BCUT2D eigenvalue weighted by Gasteiger charge is 2.26. The Bertz CT molecular complexity index is 1190. The minimum Gasteiger partial charge on any atom is -0.493 e. The van der Waals surface area contributed by atoms with E-state index in [2.05, 4.69) is 43.7 Å². The van der Waals surface area contributed by atoms with Crippen molar-refractivity contribution >= 4 is 40.3 Å². The first-order chi connectivity index (χ1) is 18.3. The third-order valence-electron chi connectivity index (χ3n) is 6.71. The molecule has 0 bridgehead atoms. The van der Waals surface area contributed by atoms with E-state index in [1.54, 1.807) is 23.9 Å². The molecule has 0 aliphatic rings. The lowest BCUT2D eigenvalue weighted by molar-refractivity contribution is -0.136. The molecule has 1 amide bonds. The third-order valence-corrected chi connectivity index (χ3v) is 7.28. The second kappa shape index (κ2) is 14.7.